The molecule has 0 aliphatic heterocycles. The quantitative estimate of drug-likeness (QED) is 0.228. The first-order valence-corrected chi connectivity index (χ1v) is 13.7. The summed E-state index contributed by atoms with van der Waals surface area (Å²) >= 11 is 6.41. The van der Waals surface area contributed by atoms with Gasteiger partial charge in [-0.3, -0.25) is 9.59 Å². The van der Waals surface area contributed by atoms with Crippen LogP contribution in [0.1, 0.15) is 82.5 Å². The number of nitrogens with one attached hydrogen (secondary N) is 2. The number of hydrogen-bond acceptors (Lipinski definition) is 4. The monoisotopic (exact) mass is 553 g/mol. The molecular formula is C31H40ClN3O4. The molecule has 0 saturated heterocycles. The Morgan fingerprint density at radius 2 is 1.74 bits per heavy atom. The zero-order chi connectivity index (χ0) is 29.0. The zero-order valence-electron chi connectivity index (χ0n) is 23.6. The maximum absolute atomic E-state index is 13.9. The molecule has 7 nitrogen and oxygen atoms in total. The van der Waals surface area contributed by atoms with E-state index in [1.54, 1.807) is 57.2 Å². The van der Waals surface area contributed by atoms with Gasteiger partial charge in [0.2, 0.25) is 5.91 Å². The molecule has 1 unspecified atom stereocenters. The fourth-order valence-electron chi connectivity index (χ4n) is 4.15. The van der Waals surface area contributed by atoms with Gasteiger partial charge in [-0.25, -0.2) is 4.79 Å². The van der Waals surface area contributed by atoms with E-state index in [2.05, 4.69) is 23.5 Å². The second-order valence-electron chi connectivity index (χ2n) is 10.4. The maximum atomic E-state index is 13.9. The van der Waals surface area contributed by atoms with Crippen molar-refractivity contribution in [1.82, 2.24) is 10.2 Å². The van der Waals surface area contributed by atoms with Gasteiger partial charge < -0.3 is 20.3 Å². The van der Waals surface area contributed by atoms with Crippen LogP contribution in [0.3, 0.4) is 0 Å². The highest BCUT2D eigenvalue weighted by Crippen LogP contribution is 2.30. The van der Waals surface area contributed by atoms with Crippen molar-refractivity contribution in [2.24, 2.45) is 0 Å². The Labute approximate surface area is 237 Å². The van der Waals surface area contributed by atoms with Crippen molar-refractivity contribution < 1.29 is 19.1 Å². The lowest BCUT2D eigenvalue weighted by atomic mass is 9.97. The molecule has 8 heteroatoms. The van der Waals surface area contributed by atoms with Crippen molar-refractivity contribution in [3.63, 3.8) is 0 Å². The predicted octanol–water partition coefficient (Wildman–Crippen LogP) is 6.63. The lowest BCUT2D eigenvalue weighted by molar-refractivity contribution is -0.138. The highest BCUT2D eigenvalue weighted by molar-refractivity contribution is 6.34. The minimum Gasteiger partial charge on any atom is -0.444 e. The van der Waals surface area contributed by atoms with Gasteiger partial charge in [-0.05, 0) is 57.4 Å². The maximum Gasteiger partial charge on any atom is 0.408 e. The molecule has 0 aromatic heterocycles. The number of rotatable bonds is 12. The molecule has 0 saturated carbocycles. The van der Waals surface area contributed by atoms with Crippen molar-refractivity contribution in [3.05, 3.63) is 64.2 Å². The Bertz CT molecular complexity index is 1160. The van der Waals surface area contributed by atoms with E-state index in [1.807, 2.05) is 13.0 Å². The van der Waals surface area contributed by atoms with E-state index in [1.165, 1.54) is 4.90 Å². The van der Waals surface area contributed by atoms with Gasteiger partial charge in [0.15, 0.2) is 0 Å². The van der Waals surface area contributed by atoms with Gasteiger partial charge in [0.05, 0.1) is 10.7 Å². The van der Waals surface area contributed by atoms with Gasteiger partial charge in [0.25, 0.3) is 5.91 Å². The molecule has 0 aliphatic carbocycles. The van der Waals surface area contributed by atoms with Gasteiger partial charge in [-0.2, -0.15) is 0 Å². The predicted molar refractivity (Wildman–Crippen MR) is 157 cm³/mol. The molecule has 1 atom stereocenters. The molecule has 0 spiro atoms. The van der Waals surface area contributed by atoms with Crippen LogP contribution in [0.2, 0.25) is 5.02 Å². The van der Waals surface area contributed by atoms with Crippen LogP contribution in [0.15, 0.2) is 42.5 Å². The molecule has 2 N–H and O–H groups in total. The third-order valence-electron chi connectivity index (χ3n) is 6.05. The zero-order valence-corrected chi connectivity index (χ0v) is 24.4. The number of alkyl carbamates (subject to hydrolysis) is 1. The molecule has 0 aliphatic rings. The summed E-state index contributed by atoms with van der Waals surface area (Å²) in [4.78, 5) is 41.4. The highest BCUT2D eigenvalue weighted by atomic mass is 35.5. The van der Waals surface area contributed by atoms with Gasteiger partial charge >= 0.3 is 6.09 Å². The number of carbonyl (C=O) groups is 3. The van der Waals surface area contributed by atoms with E-state index in [0.717, 1.165) is 31.2 Å². The molecule has 210 valence electrons. The summed E-state index contributed by atoms with van der Waals surface area (Å²) in [5.74, 6) is 1.76. The van der Waals surface area contributed by atoms with Crippen LogP contribution in [-0.4, -0.2) is 41.5 Å². The van der Waals surface area contributed by atoms with Gasteiger partial charge in [-0.1, -0.05) is 80.5 Å². The molecular weight excluding hydrogens is 514 g/mol. The van der Waals surface area contributed by atoms with Gasteiger partial charge in [-0.15, -0.1) is 6.42 Å². The number of hydrogen-bond donors (Lipinski definition) is 2. The SMILES string of the molecule is C#Cc1ccccc1C(C(=O)Nc1c(C)cccc1Cl)N(CCCCCCC)C(=O)CNC(=O)OC(C)(C)C. The minimum atomic E-state index is -1.05. The Morgan fingerprint density at radius 3 is 2.38 bits per heavy atom. The third-order valence-corrected chi connectivity index (χ3v) is 6.36. The summed E-state index contributed by atoms with van der Waals surface area (Å²) in [5.41, 5.74) is 1.55. The average Bonchev–Trinajstić information content (AvgIpc) is 2.87. The molecule has 0 radical (unpaired) electrons. The topological polar surface area (TPSA) is 87.7 Å². The van der Waals surface area contributed by atoms with E-state index >= 15 is 0 Å². The average molecular weight is 554 g/mol. The van der Waals surface area contributed by atoms with E-state index in [9.17, 15) is 14.4 Å². The van der Waals surface area contributed by atoms with Crippen molar-refractivity contribution >= 4 is 35.2 Å². The third kappa shape index (κ3) is 9.96. The molecule has 3 amide bonds. The number of terminal acetylenes is 1. The summed E-state index contributed by atoms with van der Waals surface area (Å²) in [5, 5.41) is 5.84. The Kier molecular flexibility index (Phi) is 12.3. The number of anilines is 1. The molecule has 0 bridgehead atoms. The summed E-state index contributed by atoms with van der Waals surface area (Å²) in [7, 11) is 0. The molecule has 39 heavy (non-hydrogen) atoms. The highest BCUT2D eigenvalue weighted by Gasteiger charge is 2.33. The molecule has 2 aromatic rings. The van der Waals surface area contributed by atoms with Crippen molar-refractivity contribution in [2.75, 3.05) is 18.4 Å². The summed E-state index contributed by atoms with van der Waals surface area (Å²) < 4.78 is 5.29. The number of para-hydroxylation sites is 1. The van der Waals surface area contributed by atoms with Crippen LogP contribution >= 0.6 is 11.6 Å². The molecule has 0 fully saturated rings. The Morgan fingerprint density at radius 1 is 1.05 bits per heavy atom. The fourth-order valence-corrected chi connectivity index (χ4v) is 4.42. The largest absolute Gasteiger partial charge is 0.444 e. The number of halogens is 1. The van der Waals surface area contributed by atoms with Crippen molar-refractivity contribution in [3.8, 4) is 12.3 Å². The van der Waals surface area contributed by atoms with Crippen LogP contribution in [0, 0.1) is 19.3 Å². The Hall–Kier alpha value is -3.50. The normalized spacial score (nSPS) is 11.7. The lowest BCUT2D eigenvalue weighted by Gasteiger charge is -2.32. The van der Waals surface area contributed by atoms with Crippen LogP contribution in [0.4, 0.5) is 10.5 Å². The van der Waals surface area contributed by atoms with E-state index in [0.29, 0.717) is 34.8 Å². The number of ether oxygens (including phenoxy) is 1. The summed E-state index contributed by atoms with van der Waals surface area (Å²) in [6.45, 7) is 9.16. The van der Waals surface area contributed by atoms with E-state index < -0.39 is 29.6 Å². The van der Waals surface area contributed by atoms with Crippen LogP contribution in [0.5, 0.6) is 0 Å². The number of aryl methyl sites for hydroxylation is 1. The van der Waals surface area contributed by atoms with E-state index in [-0.39, 0.29) is 6.54 Å². The molecule has 0 heterocycles. The summed E-state index contributed by atoms with van der Waals surface area (Å²) in [6.07, 6.45) is 9.86. The number of benzene rings is 2. The van der Waals surface area contributed by atoms with Crippen molar-refractivity contribution in [1.29, 1.82) is 0 Å². The Balaban J connectivity index is 2.46. The van der Waals surface area contributed by atoms with Crippen LogP contribution in [-0.2, 0) is 14.3 Å². The summed E-state index contributed by atoms with van der Waals surface area (Å²) in [6, 6.07) is 11.3. The molecule has 2 rings (SSSR count). The minimum absolute atomic E-state index is 0.303. The van der Waals surface area contributed by atoms with E-state index in [4.69, 9.17) is 22.8 Å². The smallest absolute Gasteiger partial charge is 0.408 e. The standard InChI is InChI=1S/C31H40ClN3O4/c1-7-9-10-11-14-20-35(26(36)21-33-30(38)39-31(4,5)6)28(24-18-13-12-17-23(24)8-2)29(37)34-27-22(3)16-15-19-25(27)32/h2,12-13,15-19,28H,7,9-11,14,20-21H2,1,3-6H3,(H,33,38)(H,34,37). The second kappa shape index (κ2) is 15.2. The number of unbranched alkanes of at least 4 members (excludes halogenated alkanes) is 4. The number of amides is 3. The number of carbonyl (C=O) groups excluding carboxylic acids is 3. The fraction of sp³-hybridized carbons (Fsp3) is 0.452. The number of nitrogens with zero attached hydrogens (tertiary/aromatic N) is 1. The first kappa shape index (κ1) is 31.7. The van der Waals surface area contributed by atoms with Crippen LogP contribution < -0.4 is 10.6 Å². The second-order valence-corrected chi connectivity index (χ2v) is 10.8. The van der Waals surface area contributed by atoms with Crippen molar-refractivity contribution in [2.45, 2.75) is 78.4 Å². The van der Waals surface area contributed by atoms with Crippen LogP contribution in [0.25, 0.3) is 0 Å². The molecule has 2 aromatic carbocycles. The lowest BCUT2D eigenvalue weighted by Crippen LogP contribution is -2.47. The van der Waals surface area contributed by atoms with Gasteiger partial charge in [0, 0.05) is 12.1 Å². The van der Waals surface area contributed by atoms with Gasteiger partial charge in [0.1, 0.15) is 18.2 Å². The first-order chi connectivity index (χ1) is 18.5. The first-order valence-electron chi connectivity index (χ1n) is 13.4.